The Morgan fingerprint density at radius 2 is 1.94 bits per heavy atom. The molecule has 1 amide bonds. The highest BCUT2D eigenvalue weighted by atomic mass is 32.1. The van der Waals surface area contributed by atoms with Crippen LogP contribution in [0.2, 0.25) is 0 Å². The molecule has 1 aliphatic rings. The van der Waals surface area contributed by atoms with Crippen LogP contribution < -0.4 is 4.90 Å². The minimum atomic E-state index is -0.816. The summed E-state index contributed by atoms with van der Waals surface area (Å²) in [6.07, 6.45) is -0.816. The van der Waals surface area contributed by atoms with E-state index in [0.29, 0.717) is 13.1 Å². The van der Waals surface area contributed by atoms with Crippen molar-refractivity contribution in [2.45, 2.75) is 0 Å². The lowest BCUT2D eigenvalue weighted by atomic mass is 10.2. The molecule has 0 spiro atoms. The van der Waals surface area contributed by atoms with Crippen molar-refractivity contribution in [2.24, 2.45) is 0 Å². The van der Waals surface area contributed by atoms with E-state index < -0.39 is 6.09 Å². The summed E-state index contributed by atoms with van der Waals surface area (Å²) in [5.41, 5.74) is 1.23. The summed E-state index contributed by atoms with van der Waals surface area (Å²) in [6, 6.07) is 8.42. The van der Waals surface area contributed by atoms with Crippen LogP contribution in [0.4, 0.5) is 10.5 Å². The molecule has 0 saturated carbocycles. The molecule has 0 atom stereocenters. The number of hydrogen-bond donors (Lipinski definition) is 1. The highest BCUT2D eigenvalue weighted by Gasteiger charge is 2.21. The van der Waals surface area contributed by atoms with Gasteiger partial charge < -0.3 is 14.9 Å². The standard InChI is InChI=1S/C13H14N2O2S/c16-13(17)15-7-5-14(6-8-15)11-3-1-2-10-4-9-18-12(10)11/h1-4,9H,5-8H2,(H,16,17). The molecule has 0 bridgehead atoms. The Morgan fingerprint density at radius 1 is 1.17 bits per heavy atom. The molecule has 3 rings (SSSR count). The lowest BCUT2D eigenvalue weighted by Crippen LogP contribution is -2.48. The second-order valence-corrected chi connectivity index (χ2v) is 5.29. The van der Waals surface area contributed by atoms with Crippen LogP contribution in [0, 0.1) is 0 Å². The van der Waals surface area contributed by atoms with Crippen LogP contribution in [-0.4, -0.2) is 42.3 Å². The summed E-state index contributed by atoms with van der Waals surface area (Å²) >= 11 is 1.74. The van der Waals surface area contributed by atoms with Crippen LogP contribution in [0.25, 0.3) is 10.1 Å². The number of rotatable bonds is 1. The van der Waals surface area contributed by atoms with Crippen molar-refractivity contribution in [3.05, 3.63) is 29.6 Å². The molecular formula is C13H14N2O2S. The zero-order chi connectivity index (χ0) is 12.5. The summed E-state index contributed by atoms with van der Waals surface area (Å²) in [6.45, 7) is 2.70. The molecule has 5 heteroatoms. The normalized spacial score (nSPS) is 16.2. The lowest BCUT2D eigenvalue weighted by molar-refractivity contribution is 0.142. The smallest absolute Gasteiger partial charge is 0.407 e. The molecule has 2 heterocycles. The first-order valence-electron chi connectivity index (χ1n) is 5.95. The van der Waals surface area contributed by atoms with Crippen LogP contribution in [0.15, 0.2) is 29.6 Å². The first-order chi connectivity index (χ1) is 8.75. The van der Waals surface area contributed by atoms with Crippen molar-refractivity contribution < 1.29 is 9.90 Å². The quantitative estimate of drug-likeness (QED) is 0.859. The molecule has 1 N–H and O–H groups in total. The lowest BCUT2D eigenvalue weighted by Gasteiger charge is -2.34. The van der Waals surface area contributed by atoms with Gasteiger partial charge in [0.15, 0.2) is 0 Å². The Kier molecular flexibility index (Phi) is 2.83. The van der Waals surface area contributed by atoms with Gasteiger partial charge in [-0.05, 0) is 22.9 Å². The first-order valence-corrected chi connectivity index (χ1v) is 6.83. The van der Waals surface area contributed by atoms with E-state index >= 15 is 0 Å². The molecule has 1 aromatic heterocycles. The average molecular weight is 262 g/mol. The number of fused-ring (bicyclic) bond motifs is 1. The molecule has 1 saturated heterocycles. The third kappa shape index (κ3) is 1.90. The number of hydrogen-bond acceptors (Lipinski definition) is 3. The highest BCUT2D eigenvalue weighted by molar-refractivity contribution is 7.17. The summed E-state index contributed by atoms with van der Waals surface area (Å²) in [7, 11) is 0. The number of carbonyl (C=O) groups is 1. The molecule has 1 fully saturated rings. The topological polar surface area (TPSA) is 43.8 Å². The van der Waals surface area contributed by atoms with Gasteiger partial charge in [0.25, 0.3) is 0 Å². The van der Waals surface area contributed by atoms with E-state index in [9.17, 15) is 4.79 Å². The van der Waals surface area contributed by atoms with Gasteiger partial charge in [-0.3, -0.25) is 0 Å². The number of nitrogens with zero attached hydrogens (tertiary/aromatic N) is 2. The molecule has 1 aliphatic heterocycles. The predicted molar refractivity (Wildman–Crippen MR) is 73.6 cm³/mol. The van der Waals surface area contributed by atoms with Gasteiger partial charge in [-0.25, -0.2) is 4.79 Å². The van der Waals surface area contributed by atoms with Crippen LogP contribution in [0.5, 0.6) is 0 Å². The van der Waals surface area contributed by atoms with E-state index in [1.54, 1.807) is 11.3 Å². The second kappa shape index (κ2) is 4.49. The minimum absolute atomic E-state index is 0.580. The summed E-state index contributed by atoms with van der Waals surface area (Å²) in [4.78, 5) is 14.6. The molecule has 4 nitrogen and oxygen atoms in total. The van der Waals surface area contributed by atoms with Gasteiger partial charge in [-0.1, -0.05) is 12.1 Å². The second-order valence-electron chi connectivity index (χ2n) is 4.37. The van der Waals surface area contributed by atoms with Crippen LogP contribution >= 0.6 is 11.3 Å². The van der Waals surface area contributed by atoms with E-state index in [1.807, 2.05) is 0 Å². The summed E-state index contributed by atoms with van der Waals surface area (Å²) < 4.78 is 1.29. The van der Waals surface area contributed by atoms with Crippen LogP contribution in [0.3, 0.4) is 0 Å². The summed E-state index contributed by atoms with van der Waals surface area (Å²) in [5, 5.41) is 12.3. The van der Waals surface area contributed by atoms with Crippen molar-refractivity contribution in [3.63, 3.8) is 0 Å². The molecule has 1 aromatic carbocycles. The Labute approximate surface area is 109 Å². The number of thiophene rings is 1. The van der Waals surface area contributed by atoms with E-state index in [1.165, 1.54) is 20.7 Å². The number of anilines is 1. The van der Waals surface area contributed by atoms with Crippen LogP contribution in [-0.2, 0) is 0 Å². The van der Waals surface area contributed by atoms with Crippen molar-refractivity contribution in [1.29, 1.82) is 0 Å². The van der Waals surface area contributed by atoms with Gasteiger partial charge in [0.05, 0.1) is 10.4 Å². The monoisotopic (exact) mass is 262 g/mol. The predicted octanol–water partition coefficient (Wildman–Crippen LogP) is 2.70. The van der Waals surface area contributed by atoms with Gasteiger partial charge >= 0.3 is 6.09 Å². The molecule has 0 radical (unpaired) electrons. The molecule has 0 aliphatic carbocycles. The fraction of sp³-hybridized carbons (Fsp3) is 0.308. The van der Waals surface area contributed by atoms with E-state index in [0.717, 1.165) is 13.1 Å². The van der Waals surface area contributed by atoms with Gasteiger partial charge in [0.2, 0.25) is 0 Å². The number of piperazine rings is 1. The Morgan fingerprint density at radius 3 is 2.67 bits per heavy atom. The first kappa shape index (κ1) is 11.3. The molecule has 2 aromatic rings. The molecule has 0 unspecified atom stereocenters. The van der Waals surface area contributed by atoms with Crippen LogP contribution in [0.1, 0.15) is 0 Å². The fourth-order valence-electron chi connectivity index (χ4n) is 2.36. The Hall–Kier alpha value is -1.75. The van der Waals surface area contributed by atoms with Gasteiger partial charge in [-0.15, -0.1) is 11.3 Å². The molecule has 94 valence electrons. The third-order valence-corrected chi connectivity index (χ3v) is 4.30. The Balaban J connectivity index is 1.84. The SMILES string of the molecule is O=C(O)N1CCN(c2cccc3ccsc23)CC1. The minimum Gasteiger partial charge on any atom is -0.465 e. The van der Waals surface area contributed by atoms with E-state index in [2.05, 4.69) is 34.5 Å². The molecular weight excluding hydrogens is 248 g/mol. The number of amides is 1. The largest absolute Gasteiger partial charge is 0.465 e. The van der Waals surface area contributed by atoms with Crippen molar-refractivity contribution >= 4 is 33.2 Å². The summed E-state index contributed by atoms with van der Waals surface area (Å²) in [5.74, 6) is 0. The number of carboxylic acid groups (broad SMARTS) is 1. The highest BCUT2D eigenvalue weighted by Crippen LogP contribution is 2.31. The van der Waals surface area contributed by atoms with Crippen molar-refractivity contribution in [2.75, 3.05) is 31.1 Å². The Bertz CT molecular complexity index is 573. The van der Waals surface area contributed by atoms with Crippen molar-refractivity contribution in [1.82, 2.24) is 4.90 Å². The van der Waals surface area contributed by atoms with E-state index in [4.69, 9.17) is 5.11 Å². The average Bonchev–Trinajstić information content (AvgIpc) is 2.87. The zero-order valence-corrected chi connectivity index (χ0v) is 10.7. The van der Waals surface area contributed by atoms with Crippen molar-refractivity contribution in [3.8, 4) is 0 Å². The number of benzene rings is 1. The van der Waals surface area contributed by atoms with Gasteiger partial charge in [0, 0.05) is 26.2 Å². The van der Waals surface area contributed by atoms with E-state index in [-0.39, 0.29) is 0 Å². The maximum atomic E-state index is 10.9. The van der Waals surface area contributed by atoms with Gasteiger partial charge in [-0.2, -0.15) is 0 Å². The zero-order valence-electron chi connectivity index (χ0n) is 9.87. The third-order valence-electron chi connectivity index (χ3n) is 3.35. The molecule has 18 heavy (non-hydrogen) atoms. The van der Waals surface area contributed by atoms with Gasteiger partial charge in [0.1, 0.15) is 0 Å². The maximum Gasteiger partial charge on any atom is 0.407 e. The fourth-order valence-corrected chi connectivity index (χ4v) is 3.31. The maximum absolute atomic E-state index is 10.9.